The summed E-state index contributed by atoms with van der Waals surface area (Å²) < 4.78 is 37.1. The lowest BCUT2D eigenvalue weighted by molar-refractivity contribution is -0.132. The van der Waals surface area contributed by atoms with Crippen LogP contribution in [0.2, 0.25) is 0 Å². The average molecular weight is 436 g/mol. The van der Waals surface area contributed by atoms with Crippen molar-refractivity contribution in [3.8, 4) is 11.5 Å². The summed E-state index contributed by atoms with van der Waals surface area (Å²) in [6.45, 7) is 1.51. The Balaban J connectivity index is 2.23. The molecule has 0 aliphatic carbocycles. The molecule has 2 rings (SSSR count). The van der Waals surface area contributed by atoms with Crippen LogP contribution >= 0.6 is 0 Å². The second-order valence-corrected chi connectivity index (χ2v) is 9.26. The summed E-state index contributed by atoms with van der Waals surface area (Å²) in [6, 6.07) is 14.3. The van der Waals surface area contributed by atoms with Crippen LogP contribution in [-0.2, 0) is 21.1 Å². The van der Waals surface area contributed by atoms with Gasteiger partial charge >= 0.3 is 0 Å². The lowest BCUT2D eigenvalue weighted by Crippen LogP contribution is -2.38. The molecule has 2 atom stereocenters. The molecule has 0 spiro atoms. The van der Waals surface area contributed by atoms with Crippen molar-refractivity contribution < 1.29 is 27.9 Å². The third kappa shape index (κ3) is 5.73. The molecule has 7 nitrogen and oxygen atoms in total. The number of hydroxylamine groups is 1. The van der Waals surface area contributed by atoms with Crippen molar-refractivity contribution in [3.05, 3.63) is 54.1 Å². The summed E-state index contributed by atoms with van der Waals surface area (Å²) in [7, 11) is -0.970. The summed E-state index contributed by atoms with van der Waals surface area (Å²) >= 11 is 0. The minimum atomic E-state index is -3.87. The van der Waals surface area contributed by atoms with E-state index in [0.29, 0.717) is 17.9 Å². The van der Waals surface area contributed by atoms with Gasteiger partial charge in [0.25, 0.3) is 0 Å². The zero-order valence-electron chi connectivity index (χ0n) is 17.5. The van der Waals surface area contributed by atoms with Gasteiger partial charge in [0.1, 0.15) is 0 Å². The van der Waals surface area contributed by atoms with E-state index >= 15 is 0 Å². The second kappa shape index (κ2) is 11.0. The molecule has 0 aromatic heterocycles. The van der Waals surface area contributed by atoms with Crippen molar-refractivity contribution in [1.82, 2.24) is 5.48 Å². The van der Waals surface area contributed by atoms with Crippen molar-refractivity contribution in [3.63, 3.8) is 0 Å². The fraction of sp³-hybridized carbons (Fsp3) is 0.409. The number of methoxy groups -OCH3 is 2. The average Bonchev–Trinajstić information content (AvgIpc) is 2.77. The minimum Gasteiger partial charge on any atom is -0.493 e. The molecule has 0 unspecified atom stereocenters. The number of carbonyl (C=O) groups excluding carboxylic acids is 1. The first-order chi connectivity index (χ1) is 14.3. The van der Waals surface area contributed by atoms with Crippen LogP contribution in [-0.4, -0.2) is 39.0 Å². The van der Waals surface area contributed by atoms with E-state index in [2.05, 4.69) is 0 Å². The van der Waals surface area contributed by atoms with Gasteiger partial charge in [0.2, 0.25) is 5.91 Å². The molecule has 30 heavy (non-hydrogen) atoms. The molecule has 8 heteroatoms. The van der Waals surface area contributed by atoms with Crippen molar-refractivity contribution in [2.75, 3.05) is 14.2 Å². The molecule has 0 saturated carbocycles. The summed E-state index contributed by atoms with van der Waals surface area (Å²) in [6.07, 6.45) is 2.52. The Kier molecular flexibility index (Phi) is 8.68. The van der Waals surface area contributed by atoms with E-state index in [0.717, 1.165) is 12.8 Å². The molecule has 2 aromatic carbocycles. The predicted octanol–water partition coefficient (Wildman–Crippen LogP) is 3.40. The largest absolute Gasteiger partial charge is 0.493 e. The first-order valence-electron chi connectivity index (χ1n) is 9.79. The van der Waals surface area contributed by atoms with Crippen LogP contribution in [0, 0.1) is 5.92 Å². The zero-order valence-corrected chi connectivity index (χ0v) is 18.3. The van der Waals surface area contributed by atoms with Gasteiger partial charge in [-0.2, -0.15) is 0 Å². The summed E-state index contributed by atoms with van der Waals surface area (Å²) in [4.78, 5) is 12.1. The second-order valence-electron chi connectivity index (χ2n) is 7.10. The maximum atomic E-state index is 13.4. The normalized spacial score (nSPS) is 13.3. The van der Waals surface area contributed by atoms with Crippen LogP contribution < -0.4 is 15.0 Å². The highest BCUT2D eigenvalue weighted by Crippen LogP contribution is 2.33. The summed E-state index contributed by atoms with van der Waals surface area (Å²) in [5.41, 5.74) is 2.76. The number of ether oxygens (including phenoxy) is 2. The van der Waals surface area contributed by atoms with Gasteiger partial charge in [0.15, 0.2) is 21.3 Å². The van der Waals surface area contributed by atoms with Gasteiger partial charge < -0.3 is 9.47 Å². The fourth-order valence-corrected chi connectivity index (χ4v) is 5.45. The van der Waals surface area contributed by atoms with Crippen molar-refractivity contribution >= 4 is 15.7 Å². The molecular weight excluding hydrogens is 406 g/mol. The summed E-state index contributed by atoms with van der Waals surface area (Å²) in [5, 5.41) is 8.04. The first kappa shape index (κ1) is 23.7. The monoisotopic (exact) mass is 435 g/mol. The predicted molar refractivity (Wildman–Crippen MR) is 114 cm³/mol. The third-order valence-electron chi connectivity index (χ3n) is 5.21. The van der Waals surface area contributed by atoms with E-state index in [4.69, 9.17) is 14.7 Å². The lowest BCUT2D eigenvalue weighted by Gasteiger charge is -2.23. The number of rotatable bonds is 11. The van der Waals surface area contributed by atoms with Gasteiger partial charge in [0, 0.05) is 6.07 Å². The number of benzene rings is 2. The Morgan fingerprint density at radius 1 is 1.03 bits per heavy atom. The third-order valence-corrected chi connectivity index (χ3v) is 7.56. The Bertz CT molecular complexity index is 930. The number of aryl methyl sites for hydroxylation is 1. The van der Waals surface area contributed by atoms with Gasteiger partial charge in [-0.25, -0.2) is 13.9 Å². The molecular formula is C22H29NO6S. The van der Waals surface area contributed by atoms with Crippen LogP contribution in [0.1, 0.15) is 31.7 Å². The van der Waals surface area contributed by atoms with Crippen molar-refractivity contribution in [1.29, 1.82) is 0 Å². The zero-order chi connectivity index (χ0) is 22.1. The number of sulfone groups is 1. The van der Waals surface area contributed by atoms with Crippen LogP contribution in [0.3, 0.4) is 0 Å². The molecule has 0 aliphatic rings. The topological polar surface area (TPSA) is 102 Å². The molecule has 0 fully saturated rings. The Morgan fingerprint density at radius 3 is 2.30 bits per heavy atom. The maximum absolute atomic E-state index is 13.4. The highest BCUT2D eigenvalue weighted by Gasteiger charge is 2.36. The number of carbonyl (C=O) groups is 1. The number of amides is 1. The quantitative estimate of drug-likeness (QED) is 0.319. The van der Waals surface area contributed by atoms with E-state index in [1.165, 1.54) is 44.9 Å². The van der Waals surface area contributed by atoms with Crippen LogP contribution in [0.25, 0.3) is 0 Å². The number of hydrogen-bond donors (Lipinski definition) is 2. The van der Waals surface area contributed by atoms with Crippen molar-refractivity contribution in [2.45, 2.75) is 42.8 Å². The van der Waals surface area contributed by atoms with Gasteiger partial charge in [-0.1, -0.05) is 43.7 Å². The van der Waals surface area contributed by atoms with E-state index in [9.17, 15) is 13.2 Å². The Morgan fingerprint density at radius 2 is 1.70 bits per heavy atom. The molecule has 1 amide bonds. The molecule has 2 aromatic rings. The fourth-order valence-electron chi connectivity index (χ4n) is 3.43. The van der Waals surface area contributed by atoms with E-state index in [-0.39, 0.29) is 11.3 Å². The standard InChI is InChI=1S/C22H29NO6S/c1-16(22(24)23-25)21(12-8-7-11-17-9-5-4-6-10-17)30(26,27)18-13-14-19(28-2)20(15-18)29-3/h4-6,9-10,13-16,21,25H,7-8,11-12H2,1-3H3,(H,23,24)/t16-,21-/m0/s1. The smallest absolute Gasteiger partial charge is 0.247 e. The Labute approximate surface area is 177 Å². The molecule has 0 heterocycles. The molecule has 2 N–H and O–H groups in total. The SMILES string of the molecule is COc1ccc(S(=O)(=O)[C@@H](CCCCc2ccccc2)[C@H](C)C(=O)NO)cc1OC. The van der Waals surface area contributed by atoms with Gasteiger partial charge in [-0.15, -0.1) is 0 Å². The minimum absolute atomic E-state index is 0.0470. The van der Waals surface area contributed by atoms with Gasteiger partial charge in [-0.3, -0.25) is 10.0 Å². The van der Waals surface area contributed by atoms with E-state index in [1.54, 1.807) is 5.48 Å². The molecule has 0 saturated heterocycles. The maximum Gasteiger partial charge on any atom is 0.247 e. The van der Waals surface area contributed by atoms with Gasteiger partial charge in [0.05, 0.1) is 30.3 Å². The highest BCUT2D eigenvalue weighted by molar-refractivity contribution is 7.92. The van der Waals surface area contributed by atoms with Crippen LogP contribution in [0.15, 0.2) is 53.4 Å². The molecule has 0 aliphatic heterocycles. The summed E-state index contributed by atoms with van der Waals surface area (Å²) in [5.74, 6) is -0.949. The lowest BCUT2D eigenvalue weighted by atomic mass is 10.00. The number of nitrogens with one attached hydrogen (secondary N) is 1. The van der Waals surface area contributed by atoms with Gasteiger partial charge in [-0.05, 0) is 37.0 Å². The first-order valence-corrected chi connectivity index (χ1v) is 11.3. The number of hydrogen-bond acceptors (Lipinski definition) is 6. The number of unbranched alkanes of at least 4 members (excludes halogenated alkanes) is 1. The molecule has 0 bridgehead atoms. The van der Waals surface area contributed by atoms with E-state index < -0.39 is 26.9 Å². The molecule has 164 valence electrons. The highest BCUT2D eigenvalue weighted by atomic mass is 32.2. The Hall–Kier alpha value is -2.58. The van der Waals surface area contributed by atoms with E-state index in [1.807, 2.05) is 30.3 Å². The van der Waals surface area contributed by atoms with Crippen LogP contribution in [0.5, 0.6) is 11.5 Å². The van der Waals surface area contributed by atoms with Crippen LogP contribution in [0.4, 0.5) is 0 Å². The van der Waals surface area contributed by atoms with Crippen molar-refractivity contribution in [2.24, 2.45) is 5.92 Å². The molecule has 0 radical (unpaired) electrons.